The molecule has 2 aromatic rings. The van der Waals surface area contributed by atoms with Gasteiger partial charge in [-0.05, 0) is 0 Å². The van der Waals surface area contributed by atoms with Gasteiger partial charge in [-0.1, -0.05) is 0 Å². The first-order chi connectivity index (χ1) is 5.38. The van der Waals surface area contributed by atoms with Gasteiger partial charge >= 0.3 is 80.1 Å². The van der Waals surface area contributed by atoms with Crippen LogP contribution in [0.4, 0.5) is 0 Å². The van der Waals surface area contributed by atoms with Crippen molar-refractivity contribution >= 4 is 38.6 Å². The van der Waals surface area contributed by atoms with E-state index in [1.807, 2.05) is 12.3 Å². The zero-order valence-electron chi connectivity index (χ0n) is 5.99. The van der Waals surface area contributed by atoms with E-state index in [2.05, 4.69) is 29.2 Å². The van der Waals surface area contributed by atoms with Crippen LogP contribution in [-0.2, 0) is 0 Å². The molecule has 0 aliphatic carbocycles. The number of hydrogen-bond acceptors (Lipinski definition) is 1. The number of rotatable bonds is 0. The normalized spacial score (nSPS) is 10.2. The summed E-state index contributed by atoms with van der Waals surface area (Å²) in [7, 11) is 0. The molecule has 0 amide bonds. The Labute approximate surface area is 80.0 Å². The molecule has 2 rings (SSSR count). The topological polar surface area (TPSA) is 12.9 Å². The van der Waals surface area contributed by atoms with E-state index < -0.39 is 0 Å². The second-order valence-electron chi connectivity index (χ2n) is 2.42. The Morgan fingerprint density at radius 3 is 2.73 bits per heavy atom. The fourth-order valence-electron chi connectivity index (χ4n) is 1.13. The van der Waals surface area contributed by atoms with Gasteiger partial charge in [0.25, 0.3) is 0 Å². The fraction of sp³-hybridized carbons (Fsp3) is 0. The molecule has 0 unspecified atom stereocenters. The monoisotopic (exact) mass is 243 g/mol. The molecule has 0 saturated heterocycles. The van der Waals surface area contributed by atoms with Crippen molar-refractivity contribution in [2.75, 3.05) is 0 Å². The second kappa shape index (κ2) is 2.86. The summed E-state index contributed by atoms with van der Waals surface area (Å²) in [5, 5.41) is 1.25. The zero-order chi connectivity index (χ0) is 7.68. The Morgan fingerprint density at radius 1 is 1.09 bits per heavy atom. The van der Waals surface area contributed by atoms with E-state index in [9.17, 15) is 0 Å². The molecule has 1 heterocycles. The third kappa shape index (κ3) is 1.27. The van der Waals surface area contributed by atoms with Gasteiger partial charge in [-0.2, -0.15) is 0 Å². The Morgan fingerprint density at radius 2 is 1.91 bits per heavy atom. The maximum atomic E-state index is 4.31. The van der Waals surface area contributed by atoms with Gasteiger partial charge < -0.3 is 0 Å². The molecule has 0 aliphatic rings. The Bertz CT molecular complexity index is 379. The van der Waals surface area contributed by atoms with Crippen molar-refractivity contribution in [3.05, 3.63) is 36.5 Å². The van der Waals surface area contributed by atoms with Crippen LogP contribution in [0.3, 0.4) is 0 Å². The number of pyridine rings is 1. The maximum absolute atomic E-state index is 4.31. The van der Waals surface area contributed by atoms with Gasteiger partial charge in [-0.3, -0.25) is 0 Å². The summed E-state index contributed by atoms with van der Waals surface area (Å²) in [5.41, 5.74) is 1.16. The molecule has 0 spiro atoms. The van der Waals surface area contributed by atoms with Crippen molar-refractivity contribution < 1.29 is 0 Å². The van der Waals surface area contributed by atoms with E-state index in [1.165, 1.54) is 8.71 Å². The average Bonchev–Trinajstić information content (AvgIpc) is 2.06. The van der Waals surface area contributed by atoms with E-state index in [-0.39, 0.29) is 0 Å². The number of para-hydroxylation sites is 1. The SMILES string of the molecule is [In][c]1cccc2cccnc12. The molecule has 1 nitrogen and oxygen atoms in total. The van der Waals surface area contributed by atoms with Crippen molar-refractivity contribution in [2.45, 2.75) is 0 Å². The molecule has 0 fully saturated rings. The molecular weight excluding hydrogens is 237 g/mol. The number of aromatic nitrogens is 1. The van der Waals surface area contributed by atoms with Crippen molar-refractivity contribution in [1.29, 1.82) is 0 Å². The van der Waals surface area contributed by atoms with Gasteiger partial charge in [0, 0.05) is 0 Å². The summed E-state index contributed by atoms with van der Waals surface area (Å²) >= 11 is 1.14. The third-order valence-electron chi connectivity index (χ3n) is 1.66. The number of nitrogens with zero attached hydrogens (tertiary/aromatic N) is 1. The molecule has 0 aliphatic heterocycles. The van der Waals surface area contributed by atoms with E-state index in [0.717, 1.165) is 29.9 Å². The van der Waals surface area contributed by atoms with Crippen molar-refractivity contribution in [3.8, 4) is 0 Å². The molecule has 0 saturated carbocycles. The average molecular weight is 243 g/mol. The van der Waals surface area contributed by atoms with Crippen molar-refractivity contribution in [1.82, 2.24) is 4.98 Å². The third-order valence-corrected chi connectivity index (χ3v) is 2.99. The van der Waals surface area contributed by atoms with Gasteiger partial charge in [0.1, 0.15) is 0 Å². The molecule has 1 aromatic carbocycles. The molecule has 2 heteroatoms. The summed E-state index contributed by atoms with van der Waals surface area (Å²) in [4.78, 5) is 4.31. The molecule has 1 aromatic heterocycles. The van der Waals surface area contributed by atoms with Crippen LogP contribution >= 0.6 is 0 Å². The Hall–Kier alpha value is -0.500. The molecule has 0 N–H and O–H groups in total. The minimum atomic E-state index is 1.14. The summed E-state index contributed by atoms with van der Waals surface area (Å²) in [6, 6.07) is 10.4. The number of fused-ring (bicyclic) bond motifs is 1. The second-order valence-corrected chi connectivity index (χ2v) is 4.20. The predicted octanol–water partition coefficient (Wildman–Crippen LogP) is 1.03. The van der Waals surface area contributed by atoms with Gasteiger partial charge in [0.2, 0.25) is 0 Å². The van der Waals surface area contributed by atoms with E-state index in [0.29, 0.717) is 0 Å². The standard InChI is InChI=1S/C9H6N.In/c1-2-6-9-8(4-1)5-3-7-10-9;/h1-5,7H;. The first kappa shape index (κ1) is 7.17. The first-order valence-corrected chi connectivity index (χ1v) is 5.12. The van der Waals surface area contributed by atoms with E-state index in [1.54, 1.807) is 0 Å². The molecular formula is C9H6InN. The molecule has 0 atom stereocenters. The van der Waals surface area contributed by atoms with Crippen LogP contribution in [0.5, 0.6) is 0 Å². The van der Waals surface area contributed by atoms with Gasteiger partial charge in [-0.15, -0.1) is 0 Å². The van der Waals surface area contributed by atoms with Gasteiger partial charge in [0.05, 0.1) is 0 Å². The molecule has 11 heavy (non-hydrogen) atoms. The quantitative estimate of drug-likeness (QED) is 0.673. The Kier molecular flexibility index (Phi) is 1.86. The Balaban J connectivity index is 2.91. The first-order valence-electron chi connectivity index (χ1n) is 3.47. The molecule has 0 bridgehead atoms. The van der Waals surface area contributed by atoms with Gasteiger partial charge in [0.15, 0.2) is 0 Å². The number of hydrogen-bond donors (Lipinski definition) is 0. The van der Waals surface area contributed by atoms with Crippen LogP contribution in [0, 0.1) is 0 Å². The summed E-state index contributed by atoms with van der Waals surface area (Å²) in [6.45, 7) is 0. The van der Waals surface area contributed by atoms with Gasteiger partial charge in [-0.25, -0.2) is 0 Å². The van der Waals surface area contributed by atoms with E-state index >= 15 is 0 Å². The summed E-state index contributed by atoms with van der Waals surface area (Å²) < 4.78 is 1.37. The van der Waals surface area contributed by atoms with Crippen LogP contribution in [-0.4, -0.2) is 29.4 Å². The van der Waals surface area contributed by atoms with Crippen molar-refractivity contribution in [2.24, 2.45) is 0 Å². The predicted molar refractivity (Wildman–Crippen MR) is 47.1 cm³/mol. The molecule has 2 radical (unpaired) electrons. The fourth-order valence-corrected chi connectivity index (χ4v) is 2.13. The van der Waals surface area contributed by atoms with Crippen LogP contribution in [0.1, 0.15) is 0 Å². The summed E-state index contributed by atoms with van der Waals surface area (Å²) in [5.74, 6) is 0. The number of benzene rings is 1. The van der Waals surface area contributed by atoms with Crippen LogP contribution in [0.2, 0.25) is 0 Å². The minimum absolute atomic E-state index is 1.14. The van der Waals surface area contributed by atoms with Crippen LogP contribution < -0.4 is 3.32 Å². The van der Waals surface area contributed by atoms with Crippen LogP contribution in [0.25, 0.3) is 10.9 Å². The van der Waals surface area contributed by atoms with Crippen molar-refractivity contribution in [3.63, 3.8) is 0 Å². The molecule has 50 valence electrons. The van der Waals surface area contributed by atoms with E-state index in [4.69, 9.17) is 0 Å². The summed E-state index contributed by atoms with van der Waals surface area (Å²) in [6.07, 6.45) is 1.85. The zero-order valence-corrected chi connectivity index (χ0v) is 9.28. The van der Waals surface area contributed by atoms with Crippen LogP contribution in [0.15, 0.2) is 36.5 Å².